The highest BCUT2D eigenvalue weighted by Gasteiger charge is 2.16. The number of rotatable bonds is 3. The van der Waals surface area contributed by atoms with Crippen molar-refractivity contribution in [1.29, 1.82) is 0 Å². The number of carbonyl (C=O) groups excluding carboxylic acids is 1. The maximum absolute atomic E-state index is 13.8. The number of aromatic nitrogens is 1. The van der Waals surface area contributed by atoms with Crippen molar-refractivity contribution >= 4 is 22.9 Å². The fourth-order valence-corrected chi connectivity index (χ4v) is 3.28. The van der Waals surface area contributed by atoms with Crippen LogP contribution in [0.2, 0.25) is 0 Å². The van der Waals surface area contributed by atoms with E-state index in [2.05, 4.69) is 10.3 Å². The molecule has 0 saturated carbocycles. The number of nitrogens with zero attached hydrogens (tertiary/aromatic N) is 1. The molecular weight excluding hydrogens is 343 g/mol. The number of nitrogens with one attached hydrogen (secondary N) is 1. The molecule has 2 heterocycles. The molecule has 3 aromatic rings. The molecule has 1 aliphatic heterocycles. The van der Waals surface area contributed by atoms with Crippen molar-refractivity contribution in [2.24, 2.45) is 0 Å². The third kappa shape index (κ3) is 3.18. The number of hydrogen-bond acceptors (Lipinski definition) is 5. The minimum absolute atomic E-state index is 0.234. The van der Waals surface area contributed by atoms with Gasteiger partial charge in [-0.3, -0.25) is 4.79 Å². The standard InChI is InChI=1S/C18H13FN2O3S/c19-13-4-2-1-3-12(13)18-21-14(10-25-18)17(22)20-11-5-6-15-16(9-11)24-8-7-23-15/h1-6,9-10H,7-8H2,(H,20,22). The number of ether oxygens (including phenoxy) is 2. The molecule has 1 amide bonds. The van der Waals surface area contributed by atoms with Crippen molar-refractivity contribution in [3.63, 3.8) is 0 Å². The van der Waals surface area contributed by atoms with E-state index in [4.69, 9.17) is 9.47 Å². The molecule has 0 saturated heterocycles. The van der Waals surface area contributed by atoms with Crippen LogP contribution in [0.4, 0.5) is 10.1 Å². The predicted octanol–water partition coefficient (Wildman–Crippen LogP) is 3.97. The Kier molecular flexibility index (Phi) is 4.07. The van der Waals surface area contributed by atoms with Gasteiger partial charge in [0, 0.05) is 22.7 Å². The number of hydrogen-bond donors (Lipinski definition) is 1. The molecule has 2 aromatic carbocycles. The zero-order valence-electron chi connectivity index (χ0n) is 13.0. The second-order valence-corrected chi connectivity index (χ2v) is 6.19. The number of carbonyl (C=O) groups is 1. The molecule has 5 nitrogen and oxygen atoms in total. The van der Waals surface area contributed by atoms with Crippen LogP contribution in [0.25, 0.3) is 10.6 Å². The summed E-state index contributed by atoms with van der Waals surface area (Å²) in [5, 5.41) is 4.83. The first-order valence-electron chi connectivity index (χ1n) is 7.62. The van der Waals surface area contributed by atoms with Crippen LogP contribution >= 0.6 is 11.3 Å². The van der Waals surface area contributed by atoms with Gasteiger partial charge < -0.3 is 14.8 Å². The lowest BCUT2D eigenvalue weighted by Crippen LogP contribution is -2.16. The quantitative estimate of drug-likeness (QED) is 0.771. The molecule has 0 fully saturated rings. The highest BCUT2D eigenvalue weighted by atomic mass is 32.1. The van der Waals surface area contributed by atoms with Crippen LogP contribution in [0.5, 0.6) is 11.5 Å². The van der Waals surface area contributed by atoms with Crippen molar-refractivity contribution in [3.05, 3.63) is 59.4 Å². The summed E-state index contributed by atoms with van der Waals surface area (Å²) < 4.78 is 24.8. The van der Waals surface area contributed by atoms with Gasteiger partial charge in [-0.1, -0.05) is 12.1 Å². The van der Waals surface area contributed by atoms with Crippen molar-refractivity contribution in [2.75, 3.05) is 18.5 Å². The van der Waals surface area contributed by atoms with Crippen LogP contribution < -0.4 is 14.8 Å². The Balaban J connectivity index is 1.53. The molecule has 0 bridgehead atoms. The number of anilines is 1. The molecular formula is C18H13FN2O3S. The molecule has 0 aliphatic carbocycles. The van der Waals surface area contributed by atoms with Crippen molar-refractivity contribution in [2.45, 2.75) is 0 Å². The Labute approximate surface area is 147 Å². The van der Waals surface area contributed by atoms with Gasteiger partial charge in [-0.25, -0.2) is 9.37 Å². The zero-order chi connectivity index (χ0) is 17.2. The summed E-state index contributed by atoms with van der Waals surface area (Å²) in [5.41, 5.74) is 1.19. The molecule has 1 aliphatic rings. The lowest BCUT2D eigenvalue weighted by molar-refractivity contribution is 0.102. The van der Waals surface area contributed by atoms with Crippen LogP contribution in [0.15, 0.2) is 47.8 Å². The Hall–Kier alpha value is -2.93. The van der Waals surface area contributed by atoms with Gasteiger partial charge in [0.2, 0.25) is 0 Å². The minimum atomic E-state index is -0.365. The van der Waals surface area contributed by atoms with Gasteiger partial charge in [0.15, 0.2) is 11.5 Å². The minimum Gasteiger partial charge on any atom is -0.486 e. The molecule has 1 aromatic heterocycles. The SMILES string of the molecule is O=C(Nc1ccc2c(c1)OCCO2)c1csc(-c2ccccc2F)n1. The van der Waals surface area contributed by atoms with Crippen molar-refractivity contribution in [1.82, 2.24) is 4.98 Å². The van der Waals surface area contributed by atoms with Gasteiger partial charge in [-0.2, -0.15) is 0 Å². The molecule has 0 atom stereocenters. The van der Waals surface area contributed by atoms with E-state index in [0.717, 1.165) is 0 Å². The van der Waals surface area contributed by atoms with E-state index in [1.165, 1.54) is 17.4 Å². The van der Waals surface area contributed by atoms with Crippen LogP contribution in [0, 0.1) is 5.82 Å². The van der Waals surface area contributed by atoms with Gasteiger partial charge in [0.25, 0.3) is 5.91 Å². The Morgan fingerprint density at radius 1 is 1.12 bits per heavy atom. The summed E-state index contributed by atoms with van der Waals surface area (Å²) in [7, 11) is 0. The lowest BCUT2D eigenvalue weighted by Gasteiger charge is -2.18. The largest absolute Gasteiger partial charge is 0.486 e. The average Bonchev–Trinajstić information content (AvgIpc) is 3.12. The second-order valence-electron chi connectivity index (χ2n) is 5.33. The third-order valence-electron chi connectivity index (χ3n) is 3.64. The summed E-state index contributed by atoms with van der Waals surface area (Å²) in [4.78, 5) is 16.6. The second kappa shape index (κ2) is 6.52. The van der Waals surface area contributed by atoms with E-state index >= 15 is 0 Å². The van der Waals surface area contributed by atoms with Crippen LogP contribution in [0.3, 0.4) is 0 Å². The molecule has 25 heavy (non-hydrogen) atoms. The maximum Gasteiger partial charge on any atom is 0.275 e. The number of amides is 1. The molecule has 7 heteroatoms. The van der Waals surface area contributed by atoms with Crippen LogP contribution in [0.1, 0.15) is 10.5 Å². The van der Waals surface area contributed by atoms with E-state index in [9.17, 15) is 9.18 Å². The summed E-state index contributed by atoms with van der Waals surface area (Å²) >= 11 is 1.22. The zero-order valence-corrected chi connectivity index (χ0v) is 13.8. The smallest absolute Gasteiger partial charge is 0.275 e. The normalized spacial score (nSPS) is 12.7. The van der Waals surface area contributed by atoms with Gasteiger partial charge in [0.05, 0.1) is 0 Å². The Morgan fingerprint density at radius 2 is 1.92 bits per heavy atom. The fourth-order valence-electron chi connectivity index (χ4n) is 2.45. The first-order chi connectivity index (χ1) is 12.2. The summed E-state index contributed by atoms with van der Waals surface area (Å²) in [6.45, 7) is 0.985. The first-order valence-corrected chi connectivity index (χ1v) is 8.50. The highest BCUT2D eigenvalue weighted by Crippen LogP contribution is 2.33. The molecule has 126 valence electrons. The van der Waals surface area contributed by atoms with E-state index in [1.54, 1.807) is 41.8 Å². The van der Waals surface area contributed by atoms with E-state index in [0.29, 0.717) is 41.0 Å². The maximum atomic E-state index is 13.8. The number of benzene rings is 2. The first kappa shape index (κ1) is 15.6. The number of fused-ring (bicyclic) bond motifs is 1. The Bertz CT molecular complexity index is 942. The molecule has 0 spiro atoms. The number of halogens is 1. The van der Waals surface area contributed by atoms with E-state index in [1.807, 2.05) is 0 Å². The molecule has 4 rings (SSSR count). The van der Waals surface area contributed by atoms with Gasteiger partial charge >= 0.3 is 0 Å². The van der Waals surface area contributed by atoms with Gasteiger partial charge in [-0.05, 0) is 24.3 Å². The van der Waals surface area contributed by atoms with Crippen LogP contribution in [-0.2, 0) is 0 Å². The van der Waals surface area contributed by atoms with E-state index in [-0.39, 0.29) is 17.4 Å². The molecule has 0 radical (unpaired) electrons. The average molecular weight is 356 g/mol. The topological polar surface area (TPSA) is 60.5 Å². The summed E-state index contributed by atoms with van der Waals surface area (Å²) in [5.74, 6) is 0.514. The van der Waals surface area contributed by atoms with Gasteiger partial charge in [-0.15, -0.1) is 11.3 Å². The Morgan fingerprint density at radius 3 is 2.76 bits per heavy atom. The summed E-state index contributed by atoms with van der Waals surface area (Å²) in [6, 6.07) is 11.5. The monoisotopic (exact) mass is 356 g/mol. The predicted molar refractivity (Wildman–Crippen MR) is 92.9 cm³/mol. The fraction of sp³-hybridized carbons (Fsp3) is 0.111. The van der Waals surface area contributed by atoms with Crippen LogP contribution in [-0.4, -0.2) is 24.1 Å². The highest BCUT2D eigenvalue weighted by molar-refractivity contribution is 7.13. The number of thiazole rings is 1. The third-order valence-corrected chi connectivity index (χ3v) is 4.52. The van der Waals surface area contributed by atoms with Crippen molar-refractivity contribution in [3.8, 4) is 22.1 Å². The van der Waals surface area contributed by atoms with E-state index < -0.39 is 0 Å². The molecule has 1 N–H and O–H groups in total. The summed E-state index contributed by atoms with van der Waals surface area (Å²) in [6.07, 6.45) is 0. The molecule has 0 unspecified atom stereocenters. The van der Waals surface area contributed by atoms with Gasteiger partial charge in [0.1, 0.15) is 29.7 Å². The lowest BCUT2D eigenvalue weighted by atomic mass is 10.2. The van der Waals surface area contributed by atoms with Crippen molar-refractivity contribution < 1.29 is 18.7 Å².